The van der Waals surface area contributed by atoms with Crippen molar-refractivity contribution >= 4 is 27.1 Å². The van der Waals surface area contributed by atoms with Crippen molar-refractivity contribution < 1.29 is 0 Å². The number of rotatable bonds is 0. The van der Waals surface area contributed by atoms with Gasteiger partial charge in [0.05, 0.1) is 0 Å². The van der Waals surface area contributed by atoms with Gasteiger partial charge in [-0.05, 0) is 70.5 Å². The largest absolute Gasteiger partial charge is 0.0807 e. The number of hydrogen-bond acceptors (Lipinski definition) is 0. The molecule has 3 aromatic carbocycles. The van der Waals surface area contributed by atoms with E-state index in [9.17, 15) is 0 Å². The molecule has 0 aliphatic heterocycles. The first-order valence-corrected chi connectivity index (χ1v) is 7.37. The Bertz CT molecular complexity index is 866. The van der Waals surface area contributed by atoms with Crippen LogP contribution in [0.15, 0.2) is 48.5 Å². The van der Waals surface area contributed by atoms with Crippen molar-refractivity contribution in [2.24, 2.45) is 0 Å². The van der Waals surface area contributed by atoms with Gasteiger partial charge in [0.25, 0.3) is 0 Å². The van der Waals surface area contributed by atoms with Crippen LogP contribution < -0.4 is 0 Å². The van der Waals surface area contributed by atoms with Crippen LogP contribution >= 0.6 is 0 Å². The van der Waals surface area contributed by atoms with Gasteiger partial charge in [0.15, 0.2) is 0 Å². The smallest absolute Gasteiger partial charge is 0.00729 e. The summed E-state index contributed by atoms with van der Waals surface area (Å²) in [4.78, 5) is 0. The second-order valence-corrected chi connectivity index (χ2v) is 5.85. The molecule has 0 amide bonds. The third kappa shape index (κ3) is 1.54. The van der Waals surface area contributed by atoms with Crippen molar-refractivity contribution in [3.05, 3.63) is 65.2 Å². The molecule has 0 atom stereocenters. The van der Waals surface area contributed by atoms with Gasteiger partial charge in [0, 0.05) is 0 Å². The molecule has 20 heavy (non-hydrogen) atoms. The van der Waals surface area contributed by atoms with Crippen LogP contribution in [-0.4, -0.2) is 0 Å². The van der Waals surface area contributed by atoms with Gasteiger partial charge in [-0.25, -0.2) is 0 Å². The van der Waals surface area contributed by atoms with E-state index in [0.29, 0.717) is 0 Å². The second kappa shape index (κ2) is 4.21. The van der Waals surface area contributed by atoms with Crippen LogP contribution in [0, 0.1) is 6.92 Å². The number of aryl methyl sites for hydroxylation is 2. The van der Waals surface area contributed by atoms with Gasteiger partial charge < -0.3 is 0 Å². The highest BCUT2D eigenvalue weighted by molar-refractivity contribution is 6.11. The van der Waals surface area contributed by atoms with Crippen molar-refractivity contribution in [3.63, 3.8) is 0 Å². The van der Waals surface area contributed by atoms with E-state index in [1.807, 2.05) is 0 Å². The van der Waals surface area contributed by atoms with E-state index in [2.05, 4.69) is 62.4 Å². The summed E-state index contributed by atoms with van der Waals surface area (Å²) in [5, 5.41) is 5.62. The van der Waals surface area contributed by atoms with Gasteiger partial charge in [-0.1, -0.05) is 48.5 Å². The Morgan fingerprint density at radius 1 is 0.900 bits per heavy atom. The number of hydrogen-bond donors (Lipinski definition) is 0. The Hall–Kier alpha value is -2.08. The number of benzene rings is 3. The van der Waals surface area contributed by atoms with Crippen molar-refractivity contribution in [1.82, 2.24) is 0 Å². The lowest BCUT2D eigenvalue weighted by Crippen LogP contribution is -2.00. The molecule has 0 radical (unpaired) electrons. The van der Waals surface area contributed by atoms with E-state index in [1.165, 1.54) is 56.6 Å². The van der Waals surface area contributed by atoms with Gasteiger partial charge in [0.2, 0.25) is 0 Å². The molecule has 0 unspecified atom stereocenters. The minimum Gasteiger partial charge on any atom is -0.0807 e. The normalized spacial score (nSPS) is 14.4. The molecule has 0 saturated carbocycles. The molecular weight excluding hydrogens is 240 g/mol. The fraction of sp³-hybridized carbons (Fsp3) is 0.200. The quantitative estimate of drug-likeness (QED) is 0.457. The molecule has 0 heteroatoms. The van der Waals surface area contributed by atoms with E-state index in [0.717, 1.165) is 0 Å². The van der Waals surface area contributed by atoms with Gasteiger partial charge in [0.1, 0.15) is 0 Å². The summed E-state index contributed by atoms with van der Waals surface area (Å²) < 4.78 is 0. The predicted molar refractivity (Wildman–Crippen MR) is 88.2 cm³/mol. The van der Waals surface area contributed by atoms with Gasteiger partial charge in [-0.15, -0.1) is 0 Å². The van der Waals surface area contributed by atoms with E-state index in [-0.39, 0.29) is 0 Å². The summed E-state index contributed by atoms with van der Waals surface area (Å²) in [6, 6.07) is 15.7. The van der Waals surface area contributed by atoms with Gasteiger partial charge in [-0.2, -0.15) is 0 Å². The summed E-state index contributed by atoms with van der Waals surface area (Å²) in [6.07, 6.45) is 4.71. The highest BCUT2D eigenvalue weighted by Gasteiger charge is 2.15. The molecule has 0 N–H and O–H groups in total. The summed E-state index contributed by atoms with van der Waals surface area (Å²) in [5.41, 5.74) is 5.82. The van der Waals surface area contributed by atoms with Crippen molar-refractivity contribution in [3.8, 4) is 0 Å². The molecule has 3 aromatic rings. The highest BCUT2D eigenvalue weighted by Crippen LogP contribution is 2.37. The summed E-state index contributed by atoms with van der Waals surface area (Å²) in [6.45, 7) is 4.49. The van der Waals surface area contributed by atoms with E-state index < -0.39 is 0 Å². The number of fused-ring (bicyclic) bond motifs is 5. The highest BCUT2D eigenvalue weighted by atomic mass is 14.2. The lowest BCUT2D eigenvalue weighted by molar-refractivity contribution is 0.986. The Balaban J connectivity index is 2.22. The predicted octanol–water partition coefficient (Wildman–Crippen LogP) is 5.65. The lowest BCUT2D eigenvalue weighted by atomic mass is 9.84. The molecule has 4 rings (SSSR count). The minimum atomic E-state index is 1.17. The first-order chi connectivity index (χ1) is 9.75. The first-order valence-electron chi connectivity index (χ1n) is 7.37. The average molecular weight is 258 g/mol. The molecule has 0 aromatic heterocycles. The fourth-order valence-corrected chi connectivity index (χ4v) is 3.63. The topological polar surface area (TPSA) is 0 Å². The zero-order chi connectivity index (χ0) is 13.7. The third-order valence-corrected chi connectivity index (χ3v) is 4.60. The molecule has 98 valence electrons. The average Bonchev–Trinajstić information content (AvgIpc) is 2.48. The molecule has 0 saturated heterocycles. The minimum absolute atomic E-state index is 1.17. The van der Waals surface area contributed by atoms with Crippen LogP contribution in [0.25, 0.3) is 27.1 Å². The molecule has 0 nitrogen and oxygen atoms in total. The van der Waals surface area contributed by atoms with Crippen LogP contribution in [-0.2, 0) is 6.42 Å². The Labute approximate surface area is 119 Å². The maximum atomic E-state index is 2.38. The molecule has 0 heterocycles. The third-order valence-electron chi connectivity index (χ3n) is 4.60. The Kier molecular flexibility index (Phi) is 2.47. The van der Waals surface area contributed by atoms with E-state index in [4.69, 9.17) is 0 Å². The van der Waals surface area contributed by atoms with Crippen molar-refractivity contribution in [2.45, 2.75) is 26.7 Å². The SMILES string of the molecule is CC1=CCCc2c1cc(C)c1c2ccc2ccccc21. The Morgan fingerprint density at radius 2 is 1.75 bits per heavy atom. The maximum absolute atomic E-state index is 2.38. The molecule has 1 aliphatic rings. The van der Waals surface area contributed by atoms with Gasteiger partial charge >= 0.3 is 0 Å². The summed E-state index contributed by atoms with van der Waals surface area (Å²) in [5.74, 6) is 0. The van der Waals surface area contributed by atoms with Crippen molar-refractivity contribution in [2.75, 3.05) is 0 Å². The van der Waals surface area contributed by atoms with Crippen LogP contribution in [0.1, 0.15) is 30.0 Å². The molecular formula is C20H18. The first kappa shape index (κ1) is 11.7. The monoisotopic (exact) mass is 258 g/mol. The van der Waals surface area contributed by atoms with Crippen LogP contribution in [0.5, 0.6) is 0 Å². The molecule has 0 spiro atoms. The van der Waals surface area contributed by atoms with Gasteiger partial charge in [-0.3, -0.25) is 0 Å². The summed E-state index contributed by atoms with van der Waals surface area (Å²) >= 11 is 0. The number of allylic oxidation sites excluding steroid dienone is 2. The maximum Gasteiger partial charge on any atom is -0.00729 e. The zero-order valence-electron chi connectivity index (χ0n) is 12.0. The zero-order valence-corrected chi connectivity index (χ0v) is 12.0. The summed E-state index contributed by atoms with van der Waals surface area (Å²) in [7, 11) is 0. The van der Waals surface area contributed by atoms with E-state index >= 15 is 0 Å². The standard InChI is InChI=1S/C20H18/c1-13-6-5-9-17-18-11-10-15-7-3-4-8-16(15)20(18)14(2)12-19(13)17/h3-4,6-8,10-12H,5,9H2,1-2H3. The molecule has 0 bridgehead atoms. The lowest BCUT2D eigenvalue weighted by Gasteiger charge is -2.20. The molecule has 1 aliphatic carbocycles. The van der Waals surface area contributed by atoms with Crippen LogP contribution in [0.3, 0.4) is 0 Å². The fourth-order valence-electron chi connectivity index (χ4n) is 3.63. The molecule has 0 fully saturated rings. The van der Waals surface area contributed by atoms with Crippen LogP contribution in [0.2, 0.25) is 0 Å². The Morgan fingerprint density at radius 3 is 2.65 bits per heavy atom. The van der Waals surface area contributed by atoms with E-state index in [1.54, 1.807) is 0 Å². The second-order valence-electron chi connectivity index (χ2n) is 5.85. The van der Waals surface area contributed by atoms with Crippen LogP contribution in [0.4, 0.5) is 0 Å². The van der Waals surface area contributed by atoms with Crippen molar-refractivity contribution in [1.29, 1.82) is 0 Å².